The predicted molar refractivity (Wildman–Crippen MR) is 248 cm³/mol. The third-order valence-electron chi connectivity index (χ3n) is 11.9. The topological polar surface area (TPSA) is 0 Å². The second kappa shape index (κ2) is 18.2. The van der Waals surface area contributed by atoms with Crippen LogP contribution in [0.5, 0.6) is 0 Å². The van der Waals surface area contributed by atoms with Crippen LogP contribution in [0.25, 0.3) is 32.7 Å². The molecule has 0 N–H and O–H groups in total. The molecule has 0 radical (unpaired) electrons. The van der Waals surface area contributed by atoms with Crippen LogP contribution < -0.4 is 24.8 Å². The Hall–Kier alpha value is -2.96. The molecule has 3 aliphatic carbocycles. The maximum atomic E-state index is 3.26. The normalized spacial score (nSPS) is 17.3. The van der Waals surface area contributed by atoms with Crippen molar-refractivity contribution in [3.63, 3.8) is 0 Å². The van der Waals surface area contributed by atoms with Crippen molar-refractivity contribution in [2.75, 3.05) is 0 Å². The van der Waals surface area contributed by atoms with Gasteiger partial charge in [-0.15, -0.1) is 39.7 Å². The summed E-state index contributed by atoms with van der Waals surface area (Å²) in [5.41, 5.74) is 13.8. The van der Waals surface area contributed by atoms with Crippen LogP contribution in [0.4, 0.5) is 0 Å². The summed E-state index contributed by atoms with van der Waals surface area (Å²) in [5, 5.41) is 5.58. The van der Waals surface area contributed by atoms with Gasteiger partial charge in [-0.05, 0) is 33.1 Å². The number of halogens is 2. The molecule has 59 heavy (non-hydrogen) atoms. The maximum absolute atomic E-state index is 3.26. The van der Waals surface area contributed by atoms with E-state index in [4.69, 9.17) is 0 Å². The van der Waals surface area contributed by atoms with Crippen molar-refractivity contribution in [1.29, 1.82) is 0 Å². The fraction of sp³-hybridized carbons (Fsp3) is 0.393. The van der Waals surface area contributed by atoms with Gasteiger partial charge in [-0.2, -0.15) is 11.6 Å². The second-order valence-electron chi connectivity index (χ2n) is 21.1. The van der Waals surface area contributed by atoms with E-state index in [9.17, 15) is 0 Å². The molecule has 1 atom stereocenters. The van der Waals surface area contributed by atoms with Crippen LogP contribution >= 0.6 is 0 Å². The zero-order valence-corrected chi connectivity index (χ0v) is 42.2. The van der Waals surface area contributed by atoms with Crippen molar-refractivity contribution in [2.24, 2.45) is 22.2 Å². The zero-order chi connectivity index (χ0) is 41.7. The van der Waals surface area contributed by atoms with Gasteiger partial charge < -0.3 is 24.8 Å². The molecule has 0 nitrogen and oxygen atoms in total. The minimum atomic E-state index is 0. The van der Waals surface area contributed by atoms with Gasteiger partial charge in [0.2, 0.25) is 0 Å². The summed E-state index contributed by atoms with van der Waals surface area (Å²) in [7, 11) is 0. The molecule has 0 aromatic heterocycles. The molecule has 0 heterocycles. The van der Waals surface area contributed by atoms with E-state index in [1.54, 1.807) is 27.4 Å². The van der Waals surface area contributed by atoms with E-state index in [0.29, 0.717) is 11.3 Å². The van der Waals surface area contributed by atoms with Crippen molar-refractivity contribution in [3.05, 3.63) is 160 Å². The van der Waals surface area contributed by atoms with Crippen LogP contribution in [0, 0.1) is 28.2 Å². The number of fused-ring (bicyclic) bond motifs is 5. The van der Waals surface area contributed by atoms with E-state index in [0.717, 1.165) is 12.8 Å². The molecule has 3 heteroatoms. The zero-order valence-electron chi connectivity index (χ0n) is 38.2. The summed E-state index contributed by atoms with van der Waals surface area (Å²) in [6.45, 7) is 32.3. The minimum absolute atomic E-state index is 0. The molecule has 1 unspecified atom stereocenters. The van der Waals surface area contributed by atoms with Gasteiger partial charge in [-0.25, -0.2) is 6.08 Å². The van der Waals surface area contributed by atoms with Crippen LogP contribution in [0.3, 0.4) is 0 Å². The van der Waals surface area contributed by atoms with E-state index >= 15 is 0 Å². The third-order valence-corrected chi connectivity index (χ3v) is 12.8. The molecule has 5 aromatic rings. The quantitative estimate of drug-likeness (QED) is 0.158. The van der Waals surface area contributed by atoms with Gasteiger partial charge >= 0.3 is 112 Å². The summed E-state index contributed by atoms with van der Waals surface area (Å²) in [6, 6.07) is 33.7. The van der Waals surface area contributed by atoms with Crippen molar-refractivity contribution in [2.45, 2.75) is 121 Å². The van der Waals surface area contributed by atoms with E-state index < -0.39 is 0 Å². The molecule has 0 aliphatic heterocycles. The van der Waals surface area contributed by atoms with Crippen molar-refractivity contribution in [3.8, 4) is 0 Å². The van der Waals surface area contributed by atoms with Crippen LogP contribution in [0.15, 0.2) is 121 Å². The van der Waals surface area contributed by atoms with Gasteiger partial charge in [0.05, 0.1) is 0 Å². The van der Waals surface area contributed by atoms with Crippen LogP contribution in [-0.4, -0.2) is 3.21 Å². The fourth-order valence-corrected chi connectivity index (χ4v) is 9.70. The number of benzene rings is 4. The van der Waals surface area contributed by atoms with E-state index in [2.05, 4.69) is 218 Å². The molecule has 8 rings (SSSR count). The van der Waals surface area contributed by atoms with Crippen molar-refractivity contribution < 1.29 is 49.0 Å². The Morgan fingerprint density at radius 1 is 0.610 bits per heavy atom. The monoisotopic (exact) mass is 898 g/mol. The molecule has 0 bridgehead atoms. The Morgan fingerprint density at radius 3 is 1.31 bits per heavy atom. The first-order valence-corrected chi connectivity index (χ1v) is 22.3. The first-order chi connectivity index (χ1) is 26.4. The molecule has 0 saturated heterocycles. The molecule has 0 saturated carbocycles. The third kappa shape index (κ3) is 11.1. The SMILES string of the molecule is CC(C)(C)C1=CC(C)(C)c2cc3[cH-]c4cc5c(cc4c3cc21)C(C(C)(C)C)=CC5(C)C.CC1[C-]=CC(C(C)(C)C)=C1.[Cl-].[Cl-].[Zr+2]=[C](Cc1ccccc1)Cc1ccccc1. The Bertz CT molecular complexity index is 2260. The van der Waals surface area contributed by atoms with E-state index in [1.807, 2.05) is 0 Å². The summed E-state index contributed by atoms with van der Waals surface area (Å²) in [6.07, 6.45) is 14.9. The van der Waals surface area contributed by atoms with Gasteiger partial charge in [0.1, 0.15) is 0 Å². The molecule has 0 fully saturated rings. The average Bonchev–Trinajstić information content (AvgIpc) is 3.85. The van der Waals surface area contributed by atoms with Gasteiger partial charge in [0.25, 0.3) is 0 Å². The molecule has 0 spiro atoms. The van der Waals surface area contributed by atoms with Crippen LogP contribution in [-0.2, 0) is 47.9 Å². The Morgan fingerprint density at radius 2 is 1.00 bits per heavy atom. The number of hydrogen-bond acceptors (Lipinski definition) is 0. The first kappa shape index (κ1) is 48.7. The van der Waals surface area contributed by atoms with Gasteiger partial charge in [-0.1, -0.05) is 144 Å². The molecular weight excluding hydrogens is 835 g/mol. The summed E-state index contributed by atoms with van der Waals surface area (Å²) in [5.74, 6) is 0.522. The van der Waals surface area contributed by atoms with Crippen molar-refractivity contribution >= 4 is 35.9 Å². The Labute approximate surface area is 385 Å². The second-order valence-corrected chi connectivity index (χ2v) is 22.8. The van der Waals surface area contributed by atoms with Gasteiger partial charge in [-0.3, -0.25) is 6.08 Å². The predicted octanol–water partition coefficient (Wildman–Crippen LogP) is 9.32. The fourth-order valence-electron chi connectivity index (χ4n) is 8.69. The number of rotatable bonds is 4. The van der Waals surface area contributed by atoms with Crippen molar-refractivity contribution in [1.82, 2.24) is 0 Å². The summed E-state index contributed by atoms with van der Waals surface area (Å²) < 4.78 is 1.60. The van der Waals surface area contributed by atoms with Crippen LogP contribution in [0.2, 0.25) is 0 Å². The molecule has 5 aromatic carbocycles. The molecule has 310 valence electrons. The molecular formula is C56H66Cl2Zr-2. The number of allylic oxidation sites excluding steroid dienone is 8. The molecule has 3 aliphatic rings. The van der Waals surface area contributed by atoms with Crippen LogP contribution in [0.1, 0.15) is 130 Å². The average molecular weight is 901 g/mol. The molecule has 0 amide bonds. The van der Waals surface area contributed by atoms with E-state index in [1.165, 1.54) is 71.6 Å². The Balaban J connectivity index is 0.000000229. The van der Waals surface area contributed by atoms with E-state index in [-0.39, 0.29) is 46.5 Å². The first-order valence-electron chi connectivity index (χ1n) is 21.1. The number of hydrogen-bond donors (Lipinski definition) is 0. The standard InChI is InChI=1S/C31H37.C15H14.C10H15.2ClH.Zr/c1-28(2,3)26-16-30(7,8)24-12-18-11-19-13-25-23(15-21(19)20(18)14-22(24)26)27(29(4,5)6)17-31(25,9)10;1-3-8-14(9-4-1)12-7-13-15-10-5-2-6-11-15;1-8-5-6-9(7-8)10(2,3)4;;;/h11-17H,1-10H3;1-6,8-11H,12-13H2;6-8H,1-4H3;2*1H;/q-1;;-1;;;+2/p-2. The summed E-state index contributed by atoms with van der Waals surface area (Å²) in [4.78, 5) is 0. The van der Waals surface area contributed by atoms with Gasteiger partial charge in [0, 0.05) is 10.8 Å². The summed E-state index contributed by atoms with van der Waals surface area (Å²) >= 11 is 1.55. The van der Waals surface area contributed by atoms with Gasteiger partial charge in [0.15, 0.2) is 0 Å². The Kier molecular flexibility index (Phi) is 15.0.